The van der Waals surface area contributed by atoms with Gasteiger partial charge in [0.05, 0.1) is 18.4 Å². The van der Waals surface area contributed by atoms with Crippen LogP contribution in [0.4, 0.5) is 5.69 Å². The van der Waals surface area contributed by atoms with Gasteiger partial charge in [-0.1, -0.05) is 12.1 Å². The quantitative estimate of drug-likeness (QED) is 0.764. The van der Waals surface area contributed by atoms with Crippen LogP contribution < -0.4 is 4.90 Å². The van der Waals surface area contributed by atoms with Crippen molar-refractivity contribution in [3.8, 4) is 0 Å². The first-order chi connectivity index (χ1) is 9.20. The Kier molecular flexibility index (Phi) is 3.01. The van der Waals surface area contributed by atoms with Gasteiger partial charge in [-0.3, -0.25) is 4.79 Å². The summed E-state index contributed by atoms with van der Waals surface area (Å²) < 4.78 is 4.85. The molecule has 0 aliphatic carbocycles. The van der Waals surface area contributed by atoms with E-state index in [-0.39, 0.29) is 18.1 Å². The van der Waals surface area contributed by atoms with E-state index in [2.05, 4.69) is 4.90 Å². The number of anilines is 1. The van der Waals surface area contributed by atoms with Gasteiger partial charge in [0.25, 0.3) is 0 Å². The molecular formula is C15H17NO3. The van der Waals surface area contributed by atoms with Crippen LogP contribution in [0.5, 0.6) is 0 Å². The molecule has 2 aliphatic heterocycles. The Hall–Kier alpha value is -1.84. The van der Waals surface area contributed by atoms with Crippen molar-refractivity contribution < 1.29 is 14.3 Å². The number of hydrogen-bond acceptors (Lipinski definition) is 4. The van der Waals surface area contributed by atoms with Gasteiger partial charge in [0, 0.05) is 24.9 Å². The lowest BCUT2D eigenvalue weighted by atomic mass is 9.99. The minimum Gasteiger partial charge on any atom is -0.465 e. The standard InChI is InChI=1S/C15H17NO3/c1-19-15(18)13-4-2-3-5-14(13)16-10-6-7-11(16)9-12(17)8-10/h2-5,10-11H,6-9H2,1H3. The SMILES string of the molecule is COC(=O)c1ccccc1N1C2CCC1CC(=O)C2. The van der Waals surface area contributed by atoms with E-state index in [1.54, 1.807) is 6.07 Å². The van der Waals surface area contributed by atoms with Crippen LogP contribution in [-0.2, 0) is 9.53 Å². The Morgan fingerprint density at radius 2 is 1.84 bits per heavy atom. The summed E-state index contributed by atoms with van der Waals surface area (Å²) >= 11 is 0. The third-order valence-corrected chi connectivity index (χ3v) is 4.13. The Balaban J connectivity index is 1.99. The van der Waals surface area contributed by atoms with E-state index in [0.717, 1.165) is 18.5 Å². The van der Waals surface area contributed by atoms with Gasteiger partial charge >= 0.3 is 5.97 Å². The van der Waals surface area contributed by atoms with E-state index >= 15 is 0 Å². The van der Waals surface area contributed by atoms with Crippen molar-refractivity contribution in [3.63, 3.8) is 0 Å². The monoisotopic (exact) mass is 259 g/mol. The molecule has 1 aromatic rings. The highest BCUT2D eigenvalue weighted by atomic mass is 16.5. The molecule has 2 unspecified atom stereocenters. The largest absolute Gasteiger partial charge is 0.465 e. The van der Waals surface area contributed by atoms with Gasteiger partial charge in [-0.2, -0.15) is 0 Å². The average molecular weight is 259 g/mol. The molecule has 0 radical (unpaired) electrons. The zero-order valence-electron chi connectivity index (χ0n) is 11.0. The van der Waals surface area contributed by atoms with Gasteiger partial charge in [0.1, 0.15) is 5.78 Å². The molecule has 0 spiro atoms. The Morgan fingerprint density at radius 1 is 1.21 bits per heavy atom. The Labute approximate surface area is 112 Å². The first-order valence-corrected chi connectivity index (χ1v) is 6.68. The number of ether oxygens (including phenoxy) is 1. The van der Waals surface area contributed by atoms with Crippen LogP contribution in [0.15, 0.2) is 24.3 Å². The molecule has 0 saturated carbocycles. The Morgan fingerprint density at radius 3 is 2.47 bits per heavy atom. The molecule has 0 N–H and O–H groups in total. The van der Waals surface area contributed by atoms with Crippen LogP contribution >= 0.6 is 0 Å². The van der Waals surface area contributed by atoms with Crippen LogP contribution in [0, 0.1) is 0 Å². The molecule has 4 heteroatoms. The molecule has 2 bridgehead atoms. The number of Topliss-reactive ketones (excluding diaryl/α,β-unsaturated/α-hetero) is 1. The van der Waals surface area contributed by atoms with E-state index in [0.29, 0.717) is 24.2 Å². The number of fused-ring (bicyclic) bond motifs is 2. The van der Waals surface area contributed by atoms with Crippen LogP contribution in [0.1, 0.15) is 36.0 Å². The van der Waals surface area contributed by atoms with Crippen molar-refractivity contribution >= 4 is 17.4 Å². The van der Waals surface area contributed by atoms with Gasteiger partial charge in [-0.15, -0.1) is 0 Å². The maximum absolute atomic E-state index is 11.9. The molecule has 2 saturated heterocycles. The van der Waals surface area contributed by atoms with E-state index in [9.17, 15) is 9.59 Å². The highest BCUT2D eigenvalue weighted by Crippen LogP contribution is 2.39. The third kappa shape index (κ3) is 2.01. The molecule has 3 rings (SSSR count). The first-order valence-electron chi connectivity index (χ1n) is 6.68. The minimum absolute atomic E-state index is 0.247. The van der Waals surface area contributed by atoms with Crippen molar-refractivity contribution in [1.29, 1.82) is 0 Å². The van der Waals surface area contributed by atoms with E-state index in [1.165, 1.54) is 7.11 Å². The summed E-state index contributed by atoms with van der Waals surface area (Å²) in [6, 6.07) is 8.00. The lowest BCUT2D eigenvalue weighted by Gasteiger charge is -2.36. The molecule has 2 aliphatic rings. The summed E-state index contributed by atoms with van der Waals surface area (Å²) in [7, 11) is 1.40. The lowest BCUT2D eigenvalue weighted by molar-refractivity contribution is -0.120. The highest BCUT2D eigenvalue weighted by molar-refractivity contribution is 5.96. The topological polar surface area (TPSA) is 46.6 Å². The second-order valence-corrected chi connectivity index (χ2v) is 5.25. The number of nitrogens with zero attached hydrogens (tertiary/aromatic N) is 1. The van der Waals surface area contributed by atoms with Gasteiger partial charge in [-0.05, 0) is 25.0 Å². The molecule has 2 fully saturated rings. The number of hydrogen-bond donors (Lipinski definition) is 0. The number of piperidine rings is 1. The molecule has 19 heavy (non-hydrogen) atoms. The number of benzene rings is 1. The van der Waals surface area contributed by atoms with Gasteiger partial charge < -0.3 is 9.64 Å². The van der Waals surface area contributed by atoms with Crippen LogP contribution in [0.2, 0.25) is 0 Å². The third-order valence-electron chi connectivity index (χ3n) is 4.13. The maximum Gasteiger partial charge on any atom is 0.339 e. The fourth-order valence-corrected chi connectivity index (χ4v) is 3.35. The zero-order valence-corrected chi connectivity index (χ0v) is 11.0. The summed E-state index contributed by atoms with van der Waals surface area (Å²) in [5, 5.41) is 0. The second kappa shape index (κ2) is 4.68. The van der Waals surface area contributed by atoms with Crippen LogP contribution in [-0.4, -0.2) is 30.9 Å². The maximum atomic E-state index is 11.9. The molecule has 0 aromatic heterocycles. The summed E-state index contributed by atoms with van der Waals surface area (Å²) in [5.41, 5.74) is 1.51. The molecule has 4 nitrogen and oxygen atoms in total. The molecule has 1 aromatic carbocycles. The number of rotatable bonds is 2. The highest BCUT2D eigenvalue weighted by Gasteiger charge is 2.41. The zero-order chi connectivity index (χ0) is 13.4. The van der Waals surface area contributed by atoms with E-state index in [4.69, 9.17) is 4.74 Å². The van der Waals surface area contributed by atoms with Crippen LogP contribution in [0.25, 0.3) is 0 Å². The summed E-state index contributed by atoms with van der Waals surface area (Å²) in [4.78, 5) is 25.8. The minimum atomic E-state index is -0.313. The van der Waals surface area contributed by atoms with E-state index < -0.39 is 0 Å². The van der Waals surface area contributed by atoms with E-state index in [1.807, 2.05) is 18.2 Å². The molecular weight excluding hydrogens is 242 g/mol. The molecule has 2 atom stereocenters. The summed E-state index contributed by atoms with van der Waals surface area (Å²) in [6.07, 6.45) is 3.27. The predicted molar refractivity (Wildman–Crippen MR) is 71.3 cm³/mol. The van der Waals surface area contributed by atoms with Crippen molar-refractivity contribution in [2.45, 2.75) is 37.8 Å². The number of methoxy groups -OCH3 is 1. The van der Waals surface area contributed by atoms with Crippen LogP contribution in [0.3, 0.4) is 0 Å². The fraction of sp³-hybridized carbons (Fsp3) is 0.467. The molecule has 0 amide bonds. The number of carbonyl (C=O) groups excluding carboxylic acids is 2. The normalized spacial score (nSPS) is 25.5. The van der Waals surface area contributed by atoms with Gasteiger partial charge in [0.15, 0.2) is 0 Å². The van der Waals surface area contributed by atoms with Crippen molar-refractivity contribution in [2.24, 2.45) is 0 Å². The fourth-order valence-electron chi connectivity index (χ4n) is 3.35. The first kappa shape index (κ1) is 12.2. The summed E-state index contributed by atoms with van der Waals surface area (Å²) in [6.45, 7) is 0. The number of carbonyl (C=O) groups is 2. The smallest absolute Gasteiger partial charge is 0.339 e. The van der Waals surface area contributed by atoms with Gasteiger partial charge in [0.2, 0.25) is 0 Å². The summed E-state index contributed by atoms with van der Waals surface area (Å²) in [5.74, 6) is 0.0335. The number of esters is 1. The second-order valence-electron chi connectivity index (χ2n) is 5.25. The average Bonchev–Trinajstić information content (AvgIpc) is 2.70. The van der Waals surface area contributed by atoms with Crippen molar-refractivity contribution in [1.82, 2.24) is 0 Å². The number of ketones is 1. The molecule has 100 valence electrons. The predicted octanol–water partition coefficient (Wildman–Crippen LogP) is 2.17. The van der Waals surface area contributed by atoms with Gasteiger partial charge in [-0.25, -0.2) is 4.79 Å². The number of para-hydroxylation sites is 1. The van der Waals surface area contributed by atoms with Crippen molar-refractivity contribution in [3.05, 3.63) is 29.8 Å². The lowest BCUT2D eigenvalue weighted by Crippen LogP contribution is -2.43. The van der Waals surface area contributed by atoms with Crippen molar-refractivity contribution in [2.75, 3.05) is 12.0 Å². The molecule has 2 heterocycles. The Bertz CT molecular complexity index is 510.